The fourth-order valence-corrected chi connectivity index (χ4v) is 3.18. The van der Waals surface area contributed by atoms with Crippen LogP contribution in [0.3, 0.4) is 0 Å². The molecule has 0 unspecified atom stereocenters. The van der Waals surface area contributed by atoms with E-state index in [1.165, 1.54) is 10.9 Å². The maximum atomic E-state index is 14.4. The van der Waals surface area contributed by atoms with E-state index in [-0.39, 0.29) is 11.1 Å². The lowest BCUT2D eigenvalue weighted by atomic mass is 10.0. The number of aryl methyl sites for hydroxylation is 1. The summed E-state index contributed by atoms with van der Waals surface area (Å²) in [6.45, 7) is 0. The van der Waals surface area contributed by atoms with Crippen molar-refractivity contribution in [2.24, 2.45) is 7.05 Å². The van der Waals surface area contributed by atoms with Crippen molar-refractivity contribution in [1.29, 1.82) is 0 Å². The molecule has 10 heteroatoms. The van der Waals surface area contributed by atoms with Crippen LogP contribution in [-0.2, 0) is 13.2 Å². The van der Waals surface area contributed by atoms with E-state index in [9.17, 15) is 27.1 Å². The quantitative estimate of drug-likeness (QED) is 0.671. The van der Waals surface area contributed by atoms with Gasteiger partial charge in [-0.1, -0.05) is 0 Å². The largest absolute Gasteiger partial charge is 0.503 e. The van der Waals surface area contributed by atoms with Crippen LogP contribution in [0, 0.1) is 11.6 Å². The third kappa shape index (κ3) is 2.83. The van der Waals surface area contributed by atoms with Crippen LogP contribution in [0.15, 0.2) is 18.3 Å². The molecular weight excluding hydrogens is 383 g/mol. The zero-order valence-electron chi connectivity index (χ0n) is 14.8. The molecule has 1 aromatic carbocycles. The Bertz CT molecular complexity index is 1090. The normalized spacial score (nSPS) is 14.7. The maximum absolute atomic E-state index is 14.4. The lowest BCUT2D eigenvalue weighted by molar-refractivity contribution is -0.140. The molecule has 148 valence electrons. The number of hydrogen-bond acceptors (Lipinski definition) is 4. The predicted molar refractivity (Wildman–Crippen MR) is 92.0 cm³/mol. The standard InChI is InChI=1S/C18H15F5N4O/c1-26(8-3-4-8)13-6-12-10(7-24-13)16(25-27(12)2)9-5-11(18(21,22)23)15(20)17(28)14(9)19/h5-8,28H,3-4H2,1-2H3. The number of phenols is 1. The molecule has 1 N–H and O–H groups in total. The molecule has 0 radical (unpaired) electrons. The van der Waals surface area contributed by atoms with Crippen LogP contribution >= 0.6 is 0 Å². The van der Waals surface area contributed by atoms with Gasteiger partial charge in [-0.25, -0.2) is 13.8 Å². The molecule has 0 amide bonds. The Kier molecular flexibility index (Phi) is 3.98. The van der Waals surface area contributed by atoms with Crippen molar-refractivity contribution in [3.05, 3.63) is 35.5 Å². The van der Waals surface area contributed by atoms with E-state index in [2.05, 4.69) is 10.1 Å². The summed E-state index contributed by atoms with van der Waals surface area (Å²) in [6.07, 6.45) is -1.62. The molecule has 0 saturated heterocycles. The second-order valence-electron chi connectivity index (χ2n) is 6.82. The Morgan fingerprint density at radius 1 is 1.18 bits per heavy atom. The topological polar surface area (TPSA) is 54.2 Å². The molecule has 2 heterocycles. The van der Waals surface area contributed by atoms with Gasteiger partial charge in [0.25, 0.3) is 0 Å². The Hall–Kier alpha value is -2.91. The van der Waals surface area contributed by atoms with Gasteiger partial charge in [0.15, 0.2) is 17.4 Å². The fourth-order valence-electron chi connectivity index (χ4n) is 3.18. The first kappa shape index (κ1) is 18.5. The number of halogens is 5. The van der Waals surface area contributed by atoms with E-state index in [0.717, 1.165) is 12.8 Å². The Labute approximate surface area is 156 Å². The van der Waals surface area contributed by atoms with Crippen molar-refractivity contribution in [3.63, 3.8) is 0 Å². The number of fused-ring (bicyclic) bond motifs is 1. The minimum atomic E-state index is -5.10. The van der Waals surface area contributed by atoms with Crippen LogP contribution in [0.1, 0.15) is 18.4 Å². The molecule has 2 aromatic heterocycles. The number of anilines is 1. The van der Waals surface area contributed by atoms with Gasteiger partial charge in [-0.2, -0.15) is 18.3 Å². The molecule has 1 saturated carbocycles. The Balaban J connectivity index is 1.91. The van der Waals surface area contributed by atoms with Crippen LogP contribution in [0.4, 0.5) is 27.8 Å². The monoisotopic (exact) mass is 398 g/mol. The number of nitrogens with zero attached hydrogens (tertiary/aromatic N) is 4. The predicted octanol–water partition coefficient (Wildman–Crippen LogP) is 4.24. The molecule has 0 spiro atoms. The lowest BCUT2D eigenvalue weighted by Gasteiger charge is -2.17. The molecule has 0 bridgehead atoms. The van der Waals surface area contributed by atoms with Crippen molar-refractivity contribution in [2.45, 2.75) is 25.1 Å². The fraction of sp³-hybridized carbons (Fsp3) is 0.333. The van der Waals surface area contributed by atoms with Crippen molar-refractivity contribution < 1.29 is 27.1 Å². The number of aromatic nitrogens is 3. The van der Waals surface area contributed by atoms with Crippen molar-refractivity contribution >= 4 is 16.7 Å². The summed E-state index contributed by atoms with van der Waals surface area (Å²) in [7, 11) is 3.44. The molecule has 4 rings (SSSR count). The van der Waals surface area contributed by atoms with Crippen LogP contribution in [0.5, 0.6) is 5.75 Å². The second kappa shape index (κ2) is 6.05. The van der Waals surface area contributed by atoms with Gasteiger partial charge in [0.1, 0.15) is 11.5 Å². The molecule has 1 aliphatic carbocycles. The Morgan fingerprint density at radius 3 is 2.46 bits per heavy atom. The van der Waals surface area contributed by atoms with E-state index in [1.54, 1.807) is 13.1 Å². The van der Waals surface area contributed by atoms with Gasteiger partial charge < -0.3 is 10.0 Å². The first-order chi connectivity index (χ1) is 13.1. The van der Waals surface area contributed by atoms with Crippen LogP contribution in [-0.4, -0.2) is 33.0 Å². The number of benzene rings is 1. The Morgan fingerprint density at radius 2 is 1.86 bits per heavy atom. The minimum absolute atomic E-state index is 0.163. The van der Waals surface area contributed by atoms with Crippen LogP contribution < -0.4 is 4.90 Å². The van der Waals surface area contributed by atoms with Gasteiger partial charge in [0.2, 0.25) is 0 Å². The summed E-state index contributed by atoms with van der Waals surface area (Å²) in [5.74, 6) is -4.60. The first-order valence-corrected chi connectivity index (χ1v) is 8.43. The maximum Gasteiger partial charge on any atom is 0.419 e. The number of phenolic OH excluding ortho intramolecular Hbond substituents is 1. The second-order valence-corrected chi connectivity index (χ2v) is 6.82. The van der Waals surface area contributed by atoms with Gasteiger partial charge >= 0.3 is 6.18 Å². The highest BCUT2D eigenvalue weighted by molar-refractivity contribution is 5.94. The summed E-state index contributed by atoms with van der Waals surface area (Å²) in [5, 5.41) is 13.9. The molecule has 5 nitrogen and oxygen atoms in total. The van der Waals surface area contributed by atoms with E-state index in [4.69, 9.17) is 0 Å². The van der Waals surface area contributed by atoms with Gasteiger partial charge in [0.05, 0.1) is 11.1 Å². The van der Waals surface area contributed by atoms with Gasteiger partial charge in [-0.05, 0) is 18.9 Å². The average molecular weight is 398 g/mol. The van der Waals surface area contributed by atoms with Crippen molar-refractivity contribution in [3.8, 4) is 17.0 Å². The number of hydrogen-bond donors (Lipinski definition) is 1. The zero-order chi connectivity index (χ0) is 20.4. The third-order valence-corrected chi connectivity index (χ3v) is 4.92. The van der Waals surface area contributed by atoms with Gasteiger partial charge in [0, 0.05) is 43.4 Å². The van der Waals surface area contributed by atoms with Crippen molar-refractivity contribution in [1.82, 2.24) is 14.8 Å². The summed E-state index contributed by atoms with van der Waals surface area (Å²) < 4.78 is 68.8. The lowest BCUT2D eigenvalue weighted by Crippen LogP contribution is -2.20. The summed E-state index contributed by atoms with van der Waals surface area (Å²) >= 11 is 0. The molecule has 1 aliphatic rings. The highest BCUT2D eigenvalue weighted by atomic mass is 19.4. The molecule has 1 fully saturated rings. The highest BCUT2D eigenvalue weighted by Crippen LogP contribution is 2.41. The molecule has 28 heavy (non-hydrogen) atoms. The van der Waals surface area contributed by atoms with Gasteiger partial charge in [-0.15, -0.1) is 0 Å². The minimum Gasteiger partial charge on any atom is -0.503 e. The number of aromatic hydroxyl groups is 1. The highest BCUT2D eigenvalue weighted by Gasteiger charge is 2.38. The number of alkyl halides is 3. The van der Waals surface area contributed by atoms with Crippen LogP contribution in [0.2, 0.25) is 0 Å². The van der Waals surface area contributed by atoms with E-state index in [1.807, 2.05) is 11.9 Å². The smallest absolute Gasteiger partial charge is 0.419 e. The van der Waals surface area contributed by atoms with E-state index in [0.29, 0.717) is 23.4 Å². The number of rotatable bonds is 3. The van der Waals surface area contributed by atoms with Crippen LogP contribution in [0.25, 0.3) is 22.2 Å². The van der Waals surface area contributed by atoms with Gasteiger partial charge in [-0.3, -0.25) is 4.68 Å². The third-order valence-electron chi connectivity index (χ3n) is 4.92. The SMILES string of the molecule is CN(c1cc2c(cn1)c(-c1cc(C(F)(F)F)c(F)c(O)c1F)nn2C)C1CC1. The first-order valence-electron chi connectivity index (χ1n) is 8.43. The summed E-state index contributed by atoms with van der Waals surface area (Å²) in [6, 6.07) is 2.41. The summed E-state index contributed by atoms with van der Waals surface area (Å²) in [4.78, 5) is 6.28. The van der Waals surface area contributed by atoms with E-state index < -0.39 is 34.7 Å². The molecule has 3 aromatic rings. The zero-order valence-corrected chi connectivity index (χ0v) is 14.8. The molecule has 0 atom stereocenters. The van der Waals surface area contributed by atoms with E-state index >= 15 is 0 Å². The van der Waals surface area contributed by atoms with Crippen molar-refractivity contribution in [2.75, 3.05) is 11.9 Å². The average Bonchev–Trinajstić information content (AvgIpc) is 3.43. The molecular formula is C18H15F5N4O. The number of pyridine rings is 1. The summed E-state index contributed by atoms with van der Waals surface area (Å²) in [5.41, 5.74) is -2.06. The molecule has 0 aliphatic heterocycles.